The van der Waals surface area contributed by atoms with E-state index in [9.17, 15) is 0 Å². The third kappa shape index (κ3) is 1.30. The molecule has 0 aromatic carbocycles. The number of nitriles is 1. The van der Waals surface area contributed by atoms with Crippen molar-refractivity contribution >= 4 is 17.2 Å². The lowest BCUT2D eigenvalue weighted by molar-refractivity contribution is 0.602. The first-order valence-corrected chi connectivity index (χ1v) is 3.80. The first kappa shape index (κ1) is 7.56. The maximum Gasteiger partial charge on any atom is 0.226 e. The summed E-state index contributed by atoms with van der Waals surface area (Å²) in [5.41, 5.74) is 1.48. The summed E-state index contributed by atoms with van der Waals surface area (Å²) in [6.07, 6.45) is 6.37. The normalized spacial score (nSPS) is 10.7. The number of allylic oxidation sites excluding steroid dienone is 1. The van der Waals surface area contributed by atoms with E-state index >= 15 is 0 Å². The van der Waals surface area contributed by atoms with Crippen LogP contribution in [0.4, 0.5) is 0 Å². The van der Waals surface area contributed by atoms with E-state index in [1.54, 1.807) is 18.5 Å². The molecular weight excluding hydrogens is 164 g/mol. The smallest absolute Gasteiger partial charge is 0.226 e. The monoisotopic (exact) mass is 170 g/mol. The summed E-state index contributed by atoms with van der Waals surface area (Å²) in [6, 6.07) is 5.67. The second-order valence-electron chi connectivity index (χ2n) is 2.51. The molecule has 62 valence electrons. The summed E-state index contributed by atoms with van der Waals surface area (Å²) in [7, 11) is 0. The second-order valence-corrected chi connectivity index (χ2v) is 2.51. The van der Waals surface area contributed by atoms with Gasteiger partial charge < -0.3 is 4.42 Å². The van der Waals surface area contributed by atoms with Crippen molar-refractivity contribution in [2.75, 3.05) is 0 Å². The Kier molecular flexibility index (Phi) is 1.81. The van der Waals surface area contributed by atoms with Gasteiger partial charge in [0.15, 0.2) is 0 Å². The Labute approximate surface area is 74.9 Å². The number of hydrogen-bond acceptors (Lipinski definition) is 3. The summed E-state index contributed by atoms with van der Waals surface area (Å²) in [5, 5.41) is 9.28. The van der Waals surface area contributed by atoms with Crippen molar-refractivity contribution in [3.05, 3.63) is 36.2 Å². The fourth-order valence-corrected chi connectivity index (χ4v) is 1.14. The van der Waals surface area contributed by atoms with Gasteiger partial charge in [0.1, 0.15) is 6.26 Å². The molecule has 0 aliphatic carbocycles. The van der Waals surface area contributed by atoms with Crippen molar-refractivity contribution in [2.24, 2.45) is 0 Å². The van der Waals surface area contributed by atoms with Crippen LogP contribution in [0.1, 0.15) is 5.56 Å². The molecule has 0 unspecified atom stereocenters. The van der Waals surface area contributed by atoms with Gasteiger partial charge in [0.25, 0.3) is 0 Å². The highest BCUT2D eigenvalue weighted by atomic mass is 16.3. The second kappa shape index (κ2) is 3.11. The Morgan fingerprint density at radius 2 is 2.46 bits per heavy atom. The maximum atomic E-state index is 8.35. The number of fused-ring (bicyclic) bond motifs is 1. The van der Waals surface area contributed by atoms with Gasteiger partial charge >= 0.3 is 0 Å². The topological polar surface area (TPSA) is 49.8 Å². The number of nitrogens with zero attached hydrogens (tertiary/aromatic N) is 2. The van der Waals surface area contributed by atoms with E-state index in [0.717, 1.165) is 10.9 Å². The molecule has 0 N–H and O–H groups in total. The number of rotatable bonds is 1. The first-order valence-electron chi connectivity index (χ1n) is 3.80. The van der Waals surface area contributed by atoms with E-state index in [1.165, 1.54) is 6.08 Å². The molecule has 0 atom stereocenters. The van der Waals surface area contributed by atoms with Crippen molar-refractivity contribution in [2.45, 2.75) is 0 Å². The zero-order valence-corrected chi connectivity index (χ0v) is 6.77. The van der Waals surface area contributed by atoms with Crippen LogP contribution in [-0.4, -0.2) is 4.98 Å². The summed E-state index contributed by atoms with van der Waals surface area (Å²) in [6.45, 7) is 0. The fraction of sp³-hybridized carbons (Fsp3) is 0. The molecule has 2 aromatic heterocycles. The standard InChI is InChI=1S/C10H6N2O/c11-5-1-3-8-7-13-10-9(8)4-2-6-12-10/h1-4,6-7H/b3-1+. The van der Waals surface area contributed by atoms with Gasteiger partial charge in [-0.15, -0.1) is 0 Å². The summed E-state index contributed by atoms with van der Waals surface area (Å²) in [4.78, 5) is 4.03. The molecule has 0 aliphatic heterocycles. The molecule has 13 heavy (non-hydrogen) atoms. The zero-order chi connectivity index (χ0) is 9.10. The van der Waals surface area contributed by atoms with Gasteiger partial charge in [0.2, 0.25) is 5.71 Å². The van der Waals surface area contributed by atoms with Crippen LogP contribution in [0.5, 0.6) is 0 Å². The van der Waals surface area contributed by atoms with Crippen LogP contribution in [0, 0.1) is 11.3 Å². The highest BCUT2D eigenvalue weighted by molar-refractivity contribution is 5.84. The third-order valence-corrected chi connectivity index (χ3v) is 1.72. The minimum atomic E-state index is 0.597. The highest BCUT2D eigenvalue weighted by Gasteiger charge is 2.01. The zero-order valence-electron chi connectivity index (χ0n) is 6.77. The Hall–Kier alpha value is -2.08. The number of aromatic nitrogens is 1. The molecule has 3 nitrogen and oxygen atoms in total. The van der Waals surface area contributed by atoms with Gasteiger partial charge in [-0.1, -0.05) is 0 Å². The number of pyridine rings is 1. The van der Waals surface area contributed by atoms with Crippen LogP contribution < -0.4 is 0 Å². The maximum absolute atomic E-state index is 8.35. The average molecular weight is 170 g/mol. The van der Waals surface area contributed by atoms with Gasteiger partial charge in [0, 0.05) is 23.2 Å². The Morgan fingerprint density at radius 1 is 1.54 bits per heavy atom. The van der Waals surface area contributed by atoms with Crippen LogP contribution >= 0.6 is 0 Å². The molecule has 2 heterocycles. The molecule has 2 rings (SSSR count). The van der Waals surface area contributed by atoms with Gasteiger partial charge in [-0.3, -0.25) is 0 Å². The lowest BCUT2D eigenvalue weighted by Crippen LogP contribution is -1.71. The van der Waals surface area contributed by atoms with Crippen LogP contribution in [-0.2, 0) is 0 Å². The summed E-state index contributed by atoms with van der Waals surface area (Å²) in [5.74, 6) is 0. The number of hydrogen-bond donors (Lipinski definition) is 0. The van der Waals surface area contributed by atoms with Gasteiger partial charge in [-0.25, -0.2) is 4.98 Å². The molecule has 0 spiro atoms. The average Bonchev–Trinajstić information content (AvgIpc) is 2.58. The predicted molar refractivity (Wildman–Crippen MR) is 48.7 cm³/mol. The lowest BCUT2D eigenvalue weighted by atomic mass is 10.2. The molecule has 3 heteroatoms. The molecular formula is C10H6N2O. The SMILES string of the molecule is N#C/C=C/c1coc2ncccc12. The molecule has 0 fully saturated rings. The lowest BCUT2D eigenvalue weighted by Gasteiger charge is -1.85. The Morgan fingerprint density at radius 3 is 3.31 bits per heavy atom. The van der Waals surface area contributed by atoms with E-state index in [1.807, 2.05) is 18.2 Å². The number of furan rings is 1. The third-order valence-electron chi connectivity index (χ3n) is 1.72. The van der Waals surface area contributed by atoms with Gasteiger partial charge in [0.05, 0.1) is 6.07 Å². The fourth-order valence-electron chi connectivity index (χ4n) is 1.14. The Bertz CT molecular complexity index is 491. The first-order chi connectivity index (χ1) is 6.42. The van der Waals surface area contributed by atoms with Crippen molar-refractivity contribution in [3.8, 4) is 6.07 Å². The summed E-state index contributed by atoms with van der Waals surface area (Å²) < 4.78 is 5.17. The van der Waals surface area contributed by atoms with Crippen molar-refractivity contribution in [3.63, 3.8) is 0 Å². The van der Waals surface area contributed by atoms with Crippen LogP contribution in [0.3, 0.4) is 0 Å². The van der Waals surface area contributed by atoms with Crippen molar-refractivity contribution in [1.82, 2.24) is 4.98 Å². The molecule has 0 radical (unpaired) electrons. The molecule has 0 saturated heterocycles. The van der Waals surface area contributed by atoms with E-state index in [-0.39, 0.29) is 0 Å². The van der Waals surface area contributed by atoms with E-state index in [4.69, 9.17) is 9.68 Å². The molecule has 0 bridgehead atoms. The van der Waals surface area contributed by atoms with E-state index < -0.39 is 0 Å². The van der Waals surface area contributed by atoms with E-state index in [2.05, 4.69) is 4.98 Å². The van der Waals surface area contributed by atoms with Crippen LogP contribution in [0.2, 0.25) is 0 Å². The molecule has 0 aliphatic rings. The highest BCUT2D eigenvalue weighted by Crippen LogP contribution is 2.19. The minimum Gasteiger partial charge on any atom is -0.445 e. The van der Waals surface area contributed by atoms with Gasteiger partial charge in [-0.2, -0.15) is 5.26 Å². The largest absolute Gasteiger partial charge is 0.445 e. The van der Waals surface area contributed by atoms with Gasteiger partial charge in [-0.05, 0) is 18.2 Å². The minimum absolute atomic E-state index is 0.597. The van der Waals surface area contributed by atoms with E-state index in [0.29, 0.717) is 5.71 Å². The van der Waals surface area contributed by atoms with Crippen LogP contribution in [0.25, 0.3) is 17.2 Å². The predicted octanol–water partition coefficient (Wildman–Crippen LogP) is 2.36. The van der Waals surface area contributed by atoms with Crippen molar-refractivity contribution in [1.29, 1.82) is 5.26 Å². The van der Waals surface area contributed by atoms with Crippen molar-refractivity contribution < 1.29 is 4.42 Å². The van der Waals surface area contributed by atoms with Crippen LogP contribution in [0.15, 0.2) is 35.1 Å². The molecule has 2 aromatic rings. The molecule has 0 amide bonds. The summed E-state index contributed by atoms with van der Waals surface area (Å²) >= 11 is 0. The quantitative estimate of drug-likeness (QED) is 0.617. The Balaban J connectivity index is 2.59. The molecule has 0 saturated carbocycles.